The molecule has 1 fully saturated rings. The third-order valence-electron chi connectivity index (χ3n) is 4.19. The Labute approximate surface area is 127 Å². The van der Waals surface area contributed by atoms with Crippen molar-refractivity contribution >= 4 is 10.0 Å². The Morgan fingerprint density at radius 3 is 2.57 bits per heavy atom. The molecule has 6 nitrogen and oxygen atoms in total. The minimum absolute atomic E-state index is 0.344. The van der Waals surface area contributed by atoms with Crippen molar-refractivity contribution in [3.8, 4) is 0 Å². The summed E-state index contributed by atoms with van der Waals surface area (Å²) in [5, 5.41) is 7.40. The predicted molar refractivity (Wildman–Crippen MR) is 82.8 cm³/mol. The monoisotopic (exact) mass is 314 g/mol. The lowest BCUT2D eigenvalue weighted by atomic mass is 10.1. The second-order valence-corrected chi connectivity index (χ2v) is 7.53. The van der Waals surface area contributed by atoms with E-state index in [9.17, 15) is 8.42 Å². The van der Waals surface area contributed by atoms with E-state index in [0.717, 1.165) is 19.4 Å². The van der Waals surface area contributed by atoms with Gasteiger partial charge in [0.1, 0.15) is 4.90 Å². The van der Waals surface area contributed by atoms with Crippen molar-refractivity contribution in [1.29, 1.82) is 0 Å². The zero-order chi connectivity index (χ0) is 15.5. The Balaban J connectivity index is 2.13. The average molecular weight is 314 g/mol. The van der Waals surface area contributed by atoms with Crippen LogP contribution in [0.3, 0.4) is 0 Å². The predicted octanol–water partition coefficient (Wildman–Crippen LogP) is 1.19. The lowest BCUT2D eigenvalue weighted by Gasteiger charge is -2.11. The first-order valence-electron chi connectivity index (χ1n) is 7.64. The average Bonchev–Trinajstić information content (AvgIpc) is 3.03. The molecule has 1 saturated carbocycles. The van der Waals surface area contributed by atoms with Gasteiger partial charge in [0, 0.05) is 13.1 Å². The second kappa shape index (κ2) is 6.89. The van der Waals surface area contributed by atoms with Crippen LogP contribution in [0.2, 0.25) is 0 Å². The number of rotatable bonds is 7. The zero-order valence-electron chi connectivity index (χ0n) is 13.1. The highest BCUT2D eigenvalue weighted by Crippen LogP contribution is 2.25. The molecular formula is C14H26N4O2S. The van der Waals surface area contributed by atoms with Gasteiger partial charge in [-0.2, -0.15) is 5.10 Å². The molecule has 1 aromatic heterocycles. The normalized spacial score (nSPS) is 16.7. The summed E-state index contributed by atoms with van der Waals surface area (Å²) in [4.78, 5) is 0.344. The highest BCUT2D eigenvalue weighted by Gasteiger charge is 2.26. The first kappa shape index (κ1) is 16.5. The van der Waals surface area contributed by atoms with Crippen molar-refractivity contribution in [1.82, 2.24) is 19.8 Å². The lowest BCUT2D eigenvalue weighted by Crippen LogP contribution is -2.29. The fraction of sp³-hybridized carbons (Fsp3) is 0.786. The smallest absolute Gasteiger partial charge is 0.244 e. The molecule has 0 radical (unpaired) electrons. The number of hydrogen-bond acceptors (Lipinski definition) is 4. The number of hydrogen-bond donors (Lipinski definition) is 2. The fourth-order valence-corrected chi connectivity index (χ4v) is 4.54. The zero-order valence-corrected chi connectivity index (χ0v) is 14.0. The third-order valence-corrected chi connectivity index (χ3v) is 5.87. The van der Waals surface area contributed by atoms with Gasteiger partial charge >= 0.3 is 0 Å². The number of aryl methyl sites for hydroxylation is 1. The van der Waals surface area contributed by atoms with Gasteiger partial charge in [-0.05, 0) is 39.7 Å². The minimum Gasteiger partial charge on any atom is -0.318 e. The Morgan fingerprint density at radius 2 is 1.95 bits per heavy atom. The molecule has 1 aliphatic rings. The molecule has 120 valence electrons. The molecule has 0 spiro atoms. The molecule has 1 aliphatic carbocycles. The minimum atomic E-state index is -3.47. The maximum atomic E-state index is 12.5. The van der Waals surface area contributed by atoms with Crippen LogP contribution in [0.1, 0.15) is 37.1 Å². The Bertz CT molecular complexity index is 574. The van der Waals surface area contributed by atoms with E-state index in [1.165, 1.54) is 12.8 Å². The van der Waals surface area contributed by atoms with Gasteiger partial charge < -0.3 is 5.32 Å². The van der Waals surface area contributed by atoms with Gasteiger partial charge in [-0.3, -0.25) is 4.68 Å². The molecule has 0 aromatic carbocycles. The SMILES string of the molecule is CNCCn1nc(C)c(S(=O)(=O)NCC2CCCC2)c1C. The number of aromatic nitrogens is 2. The van der Waals surface area contributed by atoms with Crippen molar-refractivity contribution in [3.63, 3.8) is 0 Å². The summed E-state index contributed by atoms with van der Waals surface area (Å²) in [5.41, 5.74) is 1.28. The van der Waals surface area contributed by atoms with Crippen LogP contribution in [-0.4, -0.2) is 38.3 Å². The maximum absolute atomic E-state index is 12.5. The lowest BCUT2D eigenvalue weighted by molar-refractivity contribution is 0.518. The van der Waals surface area contributed by atoms with Crippen LogP contribution in [0.5, 0.6) is 0 Å². The molecule has 0 saturated heterocycles. The molecule has 2 N–H and O–H groups in total. The van der Waals surface area contributed by atoms with Crippen molar-refractivity contribution in [2.45, 2.75) is 51.0 Å². The van der Waals surface area contributed by atoms with Gasteiger partial charge in [0.15, 0.2) is 0 Å². The quantitative estimate of drug-likeness (QED) is 0.792. The summed E-state index contributed by atoms with van der Waals surface area (Å²) in [5.74, 6) is 0.486. The first-order valence-corrected chi connectivity index (χ1v) is 9.12. The van der Waals surface area contributed by atoms with Crippen molar-refractivity contribution < 1.29 is 8.42 Å². The van der Waals surface area contributed by atoms with Crippen LogP contribution < -0.4 is 10.0 Å². The second-order valence-electron chi connectivity index (χ2n) is 5.83. The highest BCUT2D eigenvalue weighted by molar-refractivity contribution is 7.89. The summed E-state index contributed by atoms with van der Waals surface area (Å²) < 4.78 is 29.6. The number of nitrogens with one attached hydrogen (secondary N) is 2. The Kier molecular flexibility index (Phi) is 5.40. The van der Waals surface area contributed by atoms with Gasteiger partial charge in [-0.1, -0.05) is 12.8 Å². The molecule has 0 amide bonds. The summed E-state index contributed by atoms with van der Waals surface area (Å²) in [6.45, 7) is 5.55. The van der Waals surface area contributed by atoms with Crippen molar-refractivity contribution in [3.05, 3.63) is 11.4 Å². The van der Waals surface area contributed by atoms with Crippen LogP contribution >= 0.6 is 0 Å². The van der Waals surface area contributed by atoms with Crippen LogP contribution in [0.15, 0.2) is 4.90 Å². The van der Waals surface area contributed by atoms with E-state index in [1.807, 2.05) is 14.0 Å². The topological polar surface area (TPSA) is 76.0 Å². The molecule has 2 rings (SSSR count). The van der Waals surface area contributed by atoms with E-state index >= 15 is 0 Å². The van der Waals surface area contributed by atoms with Gasteiger partial charge in [0.2, 0.25) is 10.0 Å². The van der Waals surface area contributed by atoms with E-state index in [2.05, 4.69) is 15.1 Å². The van der Waals surface area contributed by atoms with Crippen LogP contribution in [0.4, 0.5) is 0 Å². The van der Waals surface area contributed by atoms with E-state index in [-0.39, 0.29) is 0 Å². The van der Waals surface area contributed by atoms with E-state index in [4.69, 9.17) is 0 Å². The maximum Gasteiger partial charge on any atom is 0.244 e. The molecule has 1 heterocycles. The van der Waals surface area contributed by atoms with Gasteiger partial charge in [-0.15, -0.1) is 0 Å². The highest BCUT2D eigenvalue weighted by atomic mass is 32.2. The number of likely N-dealkylation sites (N-methyl/N-ethyl adjacent to an activating group) is 1. The largest absolute Gasteiger partial charge is 0.318 e. The van der Waals surface area contributed by atoms with E-state index < -0.39 is 10.0 Å². The Hall–Kier alpha value is -0.920. The molecule has 7 heteroatoms. The fourth-order valence-electron chi connectivity index (χ4n) is 3.02. The van der Waals surface area contributed by atoms with E-state index in [0.29, 0.717) is 35.3 Å². The molecular weight excluding hydrogens is 288 g/mol. The summed E-state index contributed by atoms with van der Waals surface area (Å²) in [7, 11) is -1.60. The summed E-state index contributed by atoms with van der Waals surface area (Å²) in [6.07, 6.45) is 4.68. The molecule has 0 atom stereocenters. The van der Waals surface area contributed by atoms with Crippen LogP contribution in [-0.2, 0) is 16.6 Å². The first-order chi connectivity index (χ1) is 9.95. The van der Waals surface area contributed by atoms with Gasteiger partial charge in [-0.25, -0.2) is 13.1 Å². The molecule has 0 bridgehead atoms. The number of sulfonamides is 1. The third kappa shape index (κ3) is 3.84. The van der Waals surface area contributed by atoms with Gasteiger partial charge in [0.05, 0.1) is 17.9 Å². The summed E-state index contributed by atoms with van der Waals surface area (Å²) >= 11 is 0. The molecule has 21 heavy (non-hydrogen) atoms. The van der Waals surface area contributed by atoms with Crippen LogP contribution in [0, 0.1) is 19.8 Å². The molecule has 0 aliphatic heterocycles. The van der Waals surface area contributed by atoms with E-state index in [1.54, 1.807) is 11.6 Å². The Morgan fingerprint density at radius 1 is 1.29 bits per heavy atom. The van der Waals surface area contributed by atoms with Crippen LogP contribution in [0.25, 0.3) is 0 Å². The van der Waals surface area contributed by atoms with Crippen molar-refractivity contribution in [2.24, 2.45) is 5.92 Å². The standard InChI is InChI=1S/C14H26N4O2S/c1-11-14(12(2)18(17-11)9-8-15-3)21(19,20)16-10-13-6-4-5-7-13/h13,15-16H,4-10H2,1-3H3. The van der Waals surface area contributed by atoms with Gasteiger partial charge in [0.25, 0.3) is 0 Å². The summed E-state index contributed by atoms with van der Waals surface area (Å²) in [6, 6.07) is 0. The molecule has 1 aromatic rings. The van der Waals surface area contributed by atoms with Crippen molar-refractivity contribution in [2.75, 3.05) is 20.1 Å². The molecule has 0 unspecified atom stereocenters. The number of nitrogens with zero attached hydrogens (tertiary/aromatic N) is 2.